The van der Waals surface area contributed by atoms with Gasteiger partial charge >= 0.3 is 6.18 Å². The number of carbonyl (C=O) groups excluding carboxylic acids is 1. The van der Waals surface area contributed by atoms with E-state index in [1.165, 1.54) is 0 Å². The number of hydrogen-bond acceptors (Lipinski definition) is 5. The number of halogens is 4. The second-order valence-corrected chi connectivity index (χ2v) is 11.8. The van der Waals surface area contributed by atoms with Crippen LogP contribution in [-0.2, 0) is 16.4 Å². The van der Waals surface area contributed by atoms with Crippen molar-refractivity contribution in [2.24, 2.45) is 0 Å². The van der Waals surface area contributed by atoms with E-state index >= 15 is 0 Å². The Labute approximate surface area is 228 Å². The van der Waals surface area contributed by atoms with Crippen molar-refractivity contribution in [3.8, 4) is 5.75 Å². The van der Waals surface area contributed by atoms with Crippen molar-refractivity contribution in [1.29, 1.82) is 0 Å². The van der Waals surface area contributed by atoms with E-state index in [4.69, 9.17) is 16.3 Å². The summed E-state index contributed by atoms with van der Waals surface area (Å²) < 4.78 is 49.9. The lowest BCUT2D eigenvalue weighted by atomic mass is 9.73. The number of likely N-dealkylation sites (tertiary alicyclic amines) is 1. The maximum Gasteiger partial charge on any atom is 0.418 e. The van der Waals surface area contributed by atoms with Crippen LogP contribution in [0.5, 0.6) is 5.75 Å². The number of carbonyl (C=O) groups is 1. The van der Waals surface area contributed by atoms with E-state index in [0.717, 1.165) is 17.3 Å². The molecule has 2 fully saturated rings. The number of aromatic nitrogens is 2. The van der Waals surface area contributed by atoms with Gasteiger partial charge in [-0.2, -0.15) is 13.2 Å². The number of aryl methyl sites for hydroxylation is 1. The third kappa shape index (κ3) is 4.56. The molecule has 0 radical (unpaired) electrons. The predicted octanol–water partition coefficient (Wildman–Crippen LogP) is 5.47. The Morgan fingerprint density at radius 3 is 2.59 bits per heavy atom. The minimum Gasteiger partial charge on any atom is -0.492 e. The van der Waals surface area contributed by atoms with Crippen molar-refractivity contribution in [2.45, 2.75) is 62.8 Å². The van der Waals surface area contributed by atoms with E-state index in [9.17, 15) is 23.1 Å². The number of benzene rings is 2. The fourth-order valence-electron chi connectivity index (χ4n) is 6.54. The minimum absolute atomic E-state index is 0.0103. The van der Waals surface area contributed by atoms with Crippen molar-refractivity contribution in [3.05, 3.63) is 52.3 Å². The number of hydrogen-bond donors (Lipinski definition) is 2. The summed E-state index contributed by atoms with van der Waals surface area (Å²) >= 11 is 6.20. The van der Waals surface area contributed by atoms with Crippen LogP contribution in [0.4, 0.5) is 18.9 Å². The van der Waals surface area contributed by atoms with Gasteiger partial charge in [0.2, 0.25) is 5.91 Å². The number of rotatable bonds is 5. The molecule has 3 aliphatic rings. The van der Waals surface area contributed by atoms with Crippen LogP contribution in [0.3, 0.4) is 0 Å². The average Bonchev–Trinajstić information content (AvgIpc) is 3.30. The first-order chi connectivity index (χ1) is 18.4. The van der Waals surface area contributed by atoms with Gasteiger partial charge in [0.1, 0.15) is 18.2 Å². The number of alkyl halides is 3. The largest absolute Gasteiger partial charge is 0.492 e. The van der Waals surface area contributed by atoms with Crippen LogP contribution in [0.1, 0.15) is 55.6 Å². The fraction of sp³-hybridized carbons (Fsp3) is 0.500. The molecule has 11 heteroatoms. The summed E-state index contributed by atoms with van der Waals surface area (Å²) in [5, 5.41) is 13.7. The molecule has 1 aliphatic carbocycles. The second-order valence-electron chi connectivity index (χ2n) is 11.3. The highest BCUT2D eigenvalue weighted by Crippen LogP contribution is 2.47. The molecule has 0 unspecified atom stereocenters. The fourth-order valence-corrected chi connectivity index (χ4v) is 6.71. The van der Waals surface area contributed by atoms with Gasteiger partial charge in [0.25, 0.3) is 0 Å². The number of fused-ring (bicyclic) bond motifs is 3. The molecule has 1 saturated heterocycles. The summed E-state index contributed by atoms with van der Waals surface area (Å²) in [7, 11) is 0. The van der Waals surface area contributed by atoms with Gasteiger partial charge in [-0.05, 0) is 82.4 Å². The Balaban J connectivity index is 1.15. The third-order valence-corrected chi connectivity index (χ3v) is 8.76. The lowest BCUT2D eigenvalue weighted by molar-refractivity contribution is -0.136. The zero-order valence-electron chi connectivity index (χ0n) is 21.7. The monoisotopic (exact) mass is 562 g/mol. The number of anilines is 1. The Bertz CT molecular complexity index is 1450. The molecule has 2 aromatic carbocycles. The number of aliphatic hydroxyl groups is 1. The maximum absolute atomic E-state index is 14.1. The standard InChI is InChI=1S/C28H30ClF3N4O3/c1-16-33-23-13-19(12-21(28(30,31)32)24(23)36(16)18-14-26(2,38)15-18)39-10-9-35-7-5-27(6-8-35)20-11-17(29)3-4-22(20)34-25(27)37/h3-4,11-13,18,38H,5-10,14-15H2,1-2H3,(H,34,37). The quantitative estimate of drug-likeness (QED) is 0.431. The van der Waals surface area contributed by atoms with Crippen LogP contribution in [0.25, 0.3) is 11.0 Å². The van der Waals surface area contributed by atoms with E-state index in [2.05, 4.69) is 15.2 Å². The molecule has 208 valence electrons. The van der Waals surface area contributed by atoms with E-state index in [0.29, 0.717) is 56.2 Å². The summed E-state index contributed by atoms with van der Waals surface area (Å²) in [6.07, 6.45) is -2.57. The normalized spacial score (nSPS) is 24.6. The van der Waals surface area contributed by atoms with Gasteiger partial charge in [0.05, 0.1) is 27.6 Å². The summed E-state index contributed by atoms with van der Waals surface area (Å²) in [4.78, 5) is 19.4. The zero-order chi connectivity index (χ0) is 27.7. The molecule has 3 aromatic rings. The molecule has 2 N–H and O–H groups in total. The molecule has 3 heterocycles. The Hall–Kier alpha value is -2.82. The molecule has 39 heavy (non-hydrogen) atoms. The first-order valence-corrected chi connectivity index (χ1v) is 13.5. The summed E-state index contributed by atoms with van der Waals surface area (Å²) in [5.74, 6) is 0.588. The molecular weight excluding hydrogens is 533 g/mol. The van der Waals surface area contributed by atoms with Crippen LogP contribution in [-0.4, -0.2) is 57.3 Å². The van der Waals surface area contributed by atoms with E-state index in [-0.39, 0.29) is 35.3 Å². The van der Waals surface area contributed by atoms with Crippen molar-refractivity contribution < 1.29 is 27.8 Å². The lowest BCUT2D eigenvalue weighted by Crippen LogP contribution is -2.47. The van der Waals surface area contributed by atoms with Gasteiger partial charge in [0.15, 0.2) is 0 Å². The van der Waals surface area contributed by atoms with Crippen LogP contribution in [0.15, 0.2) is 30.3 Å². The molecule has 0 bridgehead atoms. The maximum atomic E-state index is 14.1. The first-order valence-electron chi connectivity index (χ1n) is 13.2. The lowest BCUT2D eigenvalue weighted by Gasteiger charge is -2.42. The second kappa shape index (κ2) is 9.11. The minimum atomic E-state index is -4.59. The molecule has 1 saturated carbocycles. The Morgan fingerprint density at radius 1 is 1.21 bits per heavy atom. The van der Waals surface area contributed by atoms with Gasteiger partial charge < -0.3 is 19.7 Å². The van der Waals surface area contributed by atoms with Crippen LogP contribution >= 0.6 is 11.6 Å². The molecule has 6 rings (SSSR count). The van der Waals surface area contributed by atoms with Gasteiger partial charge in [-0.15, -0.1) is 0 Å². The summed E-state index contributed by atoms with van der Waals surface area (Å²) in [6, 6.07) is 7.82. The van der Waals surface area contributed by atoms with Crippen molar-refractivity contribution >= 4 is 34.2 Å². The molecule has 1 spiro atoms. The molecule has 1 amide bonds. The van der Waals surface area contributed by atoms with Gasteiger partial charge in [0, 0.05) is 29.4 Å². The molecular formula is C28H30ClF3N4O3. The van der Waals surface area contributed by atoms with Gasteiger partial charge in [-0.25, -0.2) is 4.98 Å². The van der Waals surface area contributed by atoms with Crippen molar-refractivity contribution in [1.82, 2.24) is 14.5 Å². The molecule has 1 aromatic heterocycles. The van der Waals surface area contributed by atoms with E-state index in [1.54, 1.807) is 30.5 Å². The molecule has 0 atom stereocenters. The Kier molecular flexibility index (Phi) is 6.17. The van der Waals surface area contributed by atoms with Crippen LogP contribution in [0.2, 0.25) is 5.02 Å². The number of nitrogens with zero attached hydrogens (tertiary/aromatic N) is 3. The number of nitrogens with one attached hydrogen (secondary N) is 1. The SMILES string of the molecule is Cc1nc2cc(OCCN3CCC4(CC3)C(=O)Nc3ccc(Cl)cc34)cc(C(F)(F)F)c2n1C1CC(C)(O)C1. The van der Waals surface area contributed by atoms with Gasteiger partial charge in [-0.3, -0.25) is 9.69 Å². The third-order valence-electron chi connectivity index (χ3n) is 8.52. The summed E-state index contributed by atoms with van der Waals surface area (Å²) in [6.45, 7) is 5.41. The molecule has 2 aliphatic heterocycles. The zero-order valence-corrected chi connectivity index (χ0v) is 22.5. The van der Waals surface area contributed by atoms with Crippen molar-refractivity contribution in [2.75, 3.05) is 31.6 Å². The number of piperidine rings is 1. The van der Waals surface area contributed by atoms with E-state index < -0.39 is 22.8 Å². The number of amides is 1. The predicted molar refractivity (Wildman–Crippen MR) is 141 cm³/mol. The molecule has 7 nitrogen and oxygen atoms in total. The van der Waals surface area contributed by atoms with Crippen LogP contribution in [0, 0.1) is 6.92 Å². The number of imidazole rings is 1. The Morgan fingerprint density at radius 2 is 1.92 bits per heavy atom. The van der Waals surface area contributed by atoms with Gasteiger partial charge in [-0.1, -0.05) is 11.6 Å². The topological polar surface area (TPSA) is 79.6 Å². The van der Waals surface area contributed by atoms with Crippen LogP contribution < -0.4 is 10.1 Å². The highest BCUT2D eigenvalue weighted by atomic mass is 35.5. The van der Waals surface area contributed by atoms with E-state index in [1.807, 2.05) is 12.1 Å². The average molecular weight is 563 g/mol. The summed E-state index contributed by atoms with van der Waals surface area (Å²) in [5.41, 5.74) is -0.262. The first kappa shape index (κ1) is 26.4. The smallest absolute Gasteiger partial charge is 0.418 e. The van der Waals surface area contributed by atoms with Crippen molar-refractivity contribution in [3.63, 3.8) is 0 Å². The number of ether oxygens (including phenoxy) is 1. The highest BCUT2D eigenvalue weighted by molar-refractivity contribution is 6.31. The highest BCUT2D eigenvalue weighted by Gasteiger charge is 2.48.